The van der Waals surface area contributed by atoms with Crippen LogP contribution in [0.25, 0.3) is 0 Å². The summed E-state index contributed by atoms with van der Waals surface area (Å²) in [6, 6.07) is 6.62. The molecule has 3 aliphatic heterocycles. The number of anilines is 1. The number of rotatable bonds is 2. The first-order chi connectivity index (χ1) is 11.5. The third-order valence-corrected chi connectivity index (χ3v) is 4.48. The minimum Gasteiger partial charge on any atom is -0.495 e. The second kappa shape index (κ2) is 4.98. The fourth-order valence-electron chi connectivity index (χ4n) is 3.31. The molecule has 1 N–H and O–H groups in total. The number of nitrogens with one attached hydrogen (secondary N) is 1. The van der Waals surface area contributed by atoms with Crippen molar-refractivity contribution < 1.29 is 14.3 Å². The smallest absolute Gasteiger partial charge is 0.325 e. The Labute approximate surface area is 139 Å². The van der Waals surface area contributed by atoms with Crippen LogP contribution in [0.5, 0.6) is 5.75 Å². The van der Waals surface area contributed by atoms with Crippen LogP contribution < -0.4 is 15.0 Å². The highest BCUT2D eigenvalue weighted by Gasteiger charge is 2.51. The van der Waals surface area contributed by atoms with Crippen LogP contribution in [0.2, 0.25) is 0 Å². The molecule has 1 fully saturated rings. The number of ether oxygens (including phenoxy) is 1. The van der Waals surface area contributed by atoms with E-state index in [1.54, 1.807) is 14.2 Å². The standard InChI is InChI=1S/C16H17N5O3/c1-9-8-20-12-13(19(2)16(23)18-14(12)22)17-15(20)21(9)10-6-4-5-7-11(10)24-3/h4-8,12-13H,1-3H3,(H,18,22,23). The van der Waals surface area contributed by atoms with Gasteiger partial charge in [0.25, 0.3) is 5.91 Å². The Hall–Kier alpha value is -3.03. The predicted octanol–water partition coefficient (Wildman–Crippen LogP) is 0.924. The molecule has 3 aliphatic rings. The summed E-state index contributed by atoms with van der Waals surface area (Å²) in [6.07, 6.45) is 1.34. The number of para-hydroxylation sites is 2. The van der Waals surface area contributed by atoms with Crippen LogP contribution in [0.15, 0.2) is 41.2 Å². The number of guanidine groups is 1. The van der Waals surface area contributed by atoms with Crippen LogP contribution in [0, 0.1) is 0 Å². The van der Waals surface area contributed by atoms with Gasteiger partial charge >= 0.3 is 6.03 Å². The first-order valence-corrected chi connectivity index (χ1v) is 7.58. The van der Waals surface area contributed by atoms with E-state index in [0.29, 0.717) is 11.7 Å². The molecule has 2 atom stereocenters. The number of carbonyl (C=O) groups is 2. The van der Waals surface area contributed by atoms with Gasteiger partial charge in [-0.3, -0.25) is 15.0 Å². The maximum absolute atomic E-state index is 12.3. The van der Waals surface area contributed by atoms with E-state index in [9.17, 15) is 9.59 Å². The van der Waals surface area contributed by atoms with Gasteiger partial charge < -0.3 is 14.5 Å². The molecule has 3 amide bonds. The summed E-state index contributed by atoms with van der Waals surface area (Å²) in [4.78, 5) is 34.0. The number of aliphatic imine (C=N–C) groups is 1. The molecule has 8 nitrogen and oxygen atoms in total. The van der Waals surface area contributed by atoms with Gasteiger partial charge in [0.15, 0.2) is 12.2 Å². The van der Waals surface area contributed by atoms with Crippen molar-refractivity contribution in [3.8, 4) is 5.75 Å². The average molecular weight is 327 g/mol. The molecule has 1 saturated heterocycles. The van der Waals surface area contributed by atoms with E-state index in [0.717, 1.165) is 11.4 Å². The van der Waals surface area contributed by atoms with Gasteiger partial charge in [0.1, 0.15) is 5.75 Å². The topological polar surface area (TPSA) is 77.5 Å². The number of allylic oxidation sites excluding steroid dienone is 1. The Balaban J connectivity index is 1.79. The molecular weight excluding hydrogens is 310 g/mol. The molecule has 0 aliphatic carbocycles. The zero-order valence-electron chi connectivity index (χ0n) is 13.6. The monoisotopic (exact) mass is 327 g/mol. The van der Waals surface area contributed by atoms with Crippen molar-refractivity contribution in [2.45, 2.75) is 19.1 Å². The number of urea groups is 1. The van der Waals surface area contributed by atoms with E-state index < -0.39 is 18.2 Å². The first-order valence-electron chi connectivity index (χ1n) is 7.58. The normalized spacial score (nSPS) is 25.2. The zero-order chi connectivity index (χ0) is 17.0. The molecule has 0 saturated carbocycles. The number of hydrogen-bond acceptors (Lipinski definition) is 6. The Morgan fingerprint density at radius 2 is 2.00 bits per heavy atom. The average Bonchev–Trinajstić information content (AvgIpc) is 3.07. The van der Waals surface area contributed by atoms with Gasteiger partial charge in [-0.15, -0.1) is 0 Å². The lowest BCUT2D eigenvalue weighted by molar-refractivity contribution is -0.126. The lowest BCUT2D eigenvalue weighted by Gasteiger charge is -2.34. The van der Waals surface area contributed by atoms with Gasteiger partial charge in [-0.2, -0.15) is 0 Å². The number of hydrogen-bond donors (Lipinski definition) is 1. The molecule has 1 aromatic carbocycles. The molecular formula is C16H17N5O3. The third kappa shape index (κ3) is 1.82. The molecule has 4 rings (SSSR count). The van der Waals surface area contributed by atoms with E-state index in [1.807, 2.05) is 47.2 Å². The first kappa shape index (κ1) is 14.6. The van der Waals surface area contributed by atoms with Crippen molar-refractivity contribution in [1.82, 2.24) is 15.1 Å². The molecule has 0 aromatic heterocycles. The summed E-state index contributed by atoms with van der Waals surface area (Å²) in [6.45, 7) is 1.94. The molecule has 124 valence electrons. The maximum atomic E-state index is 12.3. The van der Waals surface area contributed by atoms with E-state index in [-0.39, 0.29) is 5.91 Å². The summed E-state index contributed by atoms with van der Waals surface area (Å²) in [5.74, 6) is 0.982. The van der Waals surface area contributed by atoms with E-state index >= 15 is 0 Å². The number of carbonyl (C=O) groups excluding carboxylic acids is 2. The van der Waals surface area contributed by atoms with Crippen LogP contribution >= 0.6 is 0 Å². The summed E-state index contributed by atoms with van der Waals surface area (Å²) < 4.78 is 5.45. The zero-order valence-corrected chi connectivity index (χ0v) is 13.6. The van der Waals surface area contributed by atoms with Crippen molar-refractivity contribution >= 4 is 23.6 Å². The fourth-order valence-corrected chi connectivity index (χ4v) is 3.31. The Bertz CT molecular complexity index is 803. The molecule has 1 aromatic rings. The Morgan fingerprint density at radius 3 is 2.75 bits per heavy atom. The number of nitrogens with zero attached hydrogens (tertiary/aromatic N) is 4. The summed E-state index contributed by atoms with van der Waals surface area (Å²) in [7, 11) is 3.25. The van der Waals surface area contributed by atoms with Gasteiger partial charge in [-0.25, -0.2) is 9.79 Å². The summed E-state index contributed by atoms with van der Waals surface area (Å²) in [5, 5.41) is 2.37. The fraction of sp³-hybridized carbons (Fsp3) is 0.312. The quantitative estimate of drug-likeness (QED) is 0.874. The highest BCUT2D eigenvalue weighted by Crippen LogP contribution is 2.38. The van der Waals surface area contributed by atoms with Crippen molar-refractivity contribution in [3.63, 3.8) is 0 Å². The highest BCUT2D eigenvalue weighted by molar-refractivity contribution is 6.10. The van der Waals surface area contributed by atoms with Crippen LogP contribution in [0.4, 0.5) is 10.5 Å². The van der Waals surface area contributed by atoms with Gasteiger partial charge in [0.2, 0.25) is 5.96 Å². The van der Waals surface area contributed by atoms with Crippen molar-refractivity contribution in [1.29, 1.82) is 0 Å². The number of benzene rings is 1. The van der Waals surface area contributed by atoms with Crippen LogP contribution in [-0.2, 0) is 4.79 Å². The van der Waals surface area contributed by atoms with Gasteiger partial charge in [-0.05, 0) is 19.1 Å². The molecule has 0 bridgehead atoms. The molecule has 3 heterocycles. The van der Waals surface area contributed by atoms with E-state index in [4.69, 9.17) is 4.74 Å². The number of imide groups is 1. The predicted molar refractivity (Wildman–Crippen MR) is 87.4 cm³/mol. The number of amides is 3. The van der Waals surface area contributed by atoms with Crippen LogP contribution in [-0.4, -0.2) is 54.1 Å². The minimum absolute atomic E-state index is 0.340. The highest BCUT2D eigenvalue weighted by atomic mass is 16.5. The number of methoxy groups -OCH3 is 1. The van der Waals surface area contributed by atoms with Gasteiger partial charge in [0, 0.05) is 18.9 Å². The lowest BCUT2D eigenvalue weighted by Crippen LogP contribution is -2.62. The van der Waals surface area contributed by atoms with Gasteiger partial charge in [-0.1, -0.05) is 12.1 Å². The Kier molecular flexibility index (Phi) is 3.02. The van der Waals surface area contributed by atoms with Crippen LogP contribution in [0.3, 0.4) is 0 Å². The SMILES string of the molecule is COc1ccccc1N1C(C)=CN2C1=NC1C2C(=O)NC(=O)N1C. The van der Waals surface area contributed by atoms with Gasteiger partial charge in [0.05, 0.1) is 12.8 Å². The van der Waals surface area contributed by atoms with Crippen molar-refractivity contribution in [2.75, 3.05) is 19.1 Å². The van der Waals surface area contributed by atoms with Crippen LogP contribution in [0.1, 0.15) is 6.92 Å². The number of likely N-dealkylation sites (N-methyl/N-ethyl adjacent to an activating group) is 1. The largest absolute Gasteiger partial charge is 0.495 e. The van der Waals surface area contributed by atoms with Crippen molar-refractivity contribution in [2.24, 2.45) is 4.99 Å². The van der Waals surface area contributed by atoms with E-state index in [2.05, 4.69) is 10.3 Å². The third-order valence-electron chi connectivity index (χ3n) is 4.48. The lowest BCUT2D eigenvalue weighted by atomic mass is 10.1. The van der Waals surface area contributed by atoms with E-state index in [1.165, 1.54) is 4.90 Å². The molecule has 2 unspecified atom stereocenters. The van der Waals surface area contributed by atoms with Crippen molar-refractivity contribution in [3.05, 3.63) is 36.2 Å². The second-order valence-electron chi connectivity index (χ2n) is 5.88. The Morgan fingerprint density at radius 1 is 1.25 bits per heavy atom. The molecule has 24 heavy (non-hydrogen) atoms. The molecule has 8 heteroatoms. The second-order valence-corrected chi connectivity index (χ2v) is 5.88. The molecule has 0 radical (unpaired) electrons. The molecule has 0 spiro atoms. The minimum atomic E-state index is -0.558. The number of fused-ring (bicyclic) bond motifs is 3. The summed E-state index contributed by atoms with van der Waals surface area (Å²) >= 11 is 0. The summed E-state index contributed by atoms with van der Waals surface area (Å²) in [5.41, 5.74) is 1.76. The maximum Gasteiger partial charge on any atom is 0.325 e.